The number of aryl methyl sites for hydroxylation is 1. The maximum atomic E-state index is 12.6. The molecule has 20 heavy (non-hydrogen) atoms. The summed E-state index contributed by atoms with van der Waals surface area (Å²) in [6.07, 6.45) is 0. The Hall–Kier alpha value is -1.93. The van der Waals surface area contributed by atoms with Crippen LogP contribution in [0.2, 0.25) is 0 Å². The molecule has 2 heteroatoms. The van der Waals surface area contributed by atoms with Crippen LogP contribution >= 0.6 is 0 Å². The monoisotopic (exact) mass is 267 g/mol. The van der Waals surface area contributed by atoms with E-state index in [9.17, 15) is 4.79 Å². The number of benzene rings is 2. The van der Waals surface area contributed by atoms with E-state index < -0.39 is 0 Å². The van der Waals surface area contributed by atoms with Gasteiger partial charge in [0.2, 0.25) is 0 Å². The van der Waals surface area contributed by atoms with Gasteiger partial charge < -0.3 is 5.32 Å². The summed E-state index contributed by atoms with van der Waals surface area (Å²) in [4.78, 5) is 12.6. The molecule has 0 aliphatic rings. The fraction of sp³-hybridized carbons (Fsp3) is 0.278. The first-order valence-corrected chi connectivity index (χ1v) is 6.89. The molecule has 0 aromatic heterocycles. The van der Waals surface area contributed by atoms with Crippen molar-refractivity contribution in [3.8, 4) is 0 Å². The van der Waals surface area contributed by atoms with Gasteiger partial charge in [0, 0.05) is 17.7 Å². The normalized spacial score (nSPS) is 10.6. The Labute approximate surface area is 120 Å². The first-order valence-electron chi connectivity index (χ1n) is 6.89. The second-order valence-electron chi connectivity index (χ2n) is 5.24. The van der Waals surface area contributed by atoms with Crippen LogP contribution in [0.4, 0.5) is 0 Å². The van der Waals surface area contributed by atoms with Gasteiger partial charge in [-0.3, -0.25) is 4.79 Å². The lowest BCUT2D eigenvalue weighted by molar-refractivity contribution is 0.103. The summed E-state index contributed by atoms with van der Waals surface area (Å²) < 4.78 is 0. The quantitative estimate of drug-likeness (QED) is 0.858. The zero-order valence-corrected chi connectivity index (χ0v) is 12.6. The van der Waals surface area contributed by atoms with Crippen LogP contribution in [0.3, 0.4) is 0 Å². The Morgan fingerprint density at radius 3 is 2.20 bits per heavy atom. The summed E-state index contributed by atoms with van der Waals surface area (Å²) in [7, 11) is 1.91. The molecule has 0 fully saturated rings. The van der Waals surface area contributed by atoms with Gasteiger partial charge in [-0.1, -0.05) is 36.4 Å². The standard InChI is InChI=1S/C18H21NO/c1-12-5-10-17(14(3)13(12)2)18(20)16-8-6-15(7-9-16)11-19-4/h5-10,19H,11H2,1-4H3. The fourth-order valence-electron chi connectivity index (χ4n) is 2.34. The molecule has 0 saturated heterocycles. The molecule has 0 atom stereocenters. The maximum Gasteiger partial charge on any atom is 0.193 e. The van der Waals surface area contributed by atoms with Crippen LogP contribution in [0.15, 0.2) is 36.4 Å². The first-order chi connectivity index (χ1) is 9.54. The SMILES string of the molecule is CNCc1ccc(C(=O)c2ccc(C)c(C)c2C)cc1. The van der Waals surface area contributed by atoms with Gasteiger partial charge in [0.25, 0.3) is 0 Å². The fourth-order valence-corrected chi connectivity index (χ4v) is 2.34. The molecular weight excluding hydrogens is 246 g/mol. The Kier molecular flexibility index (Phi) is 4.35. The molecule has 0 radical (unpaired) electrons. The van der Waals surface area contributed by atoms with Gasteiger partial charge in [-0.2, -0.15) is 0 Å². The highest BCUT2D eigenvalue weighted by Gasteiger charge is 2.13. The van der Waals surface area contributed by atoms with Gasteiger partial charge in [0.1, 0.15) is 0 Å². The molecular formula is C18H21NO. The number of hydrogen-bond acceptors (Lipinski definition) is 2. The highest BCUT2D eigenvalue weighted by atomic mass is 16.1. The van der Waals surface area contributed by atoms with Crippen molar-refractivity contribution in [1.82, 2.24) is 5.32 Å². The first kappa shape index (κ1) is 14.5. The van der Waals surface area contributed by atoms with Crippen LogP contribution in [0.1, 0.15) is 38.2 Å². The molecule has 0 spiro atoms. The van der Waals surface area contributed by atoms with E-state index in [1.807, 2.05) is 50.4 Å². The van der Waals surface area contributed by atoms with Gasteiger partial charge in [-0.25, -0.2) is 0 Å². The van der Waals surface area contributed by atoms with Gasteiger partial charge in [0.05, 0.1) is 0 Å². The summed E-state index contributed by atoms with van der Waals surface area (Å²) >= 11 is 0. The highest BCUT2D eigenvalue weighted by Crippen LogP contribution is 2.20. The zero-order valence-electron chi connectivity index (χ0n) is 12.6. The van der Waals surface area contributed by atoms with Gasteiger partial charge in [0.15, 0.2) is 5.78 Å². The number of ketones is 1. The number of hydrogen-bond donors (Lipinski definition) is 1. The summed E-state index contributed by atoms with van der Waals surface area (Å²) in [5, 5.41) is 3.10. The lowest BCUT2D eigenvalue weighted by atomic mass is 9.93. The van der Waals surface area contributed by atoms with E-state index in [2.05, 4.69) is 19.2 Å². The Morgan fingerprint density at radius 1 is 0.950 bits per heavy atom. The van der Waals surface area contributed by atoms with Crippen LogP contribution in [-0.4, -0.2) is 12.8 Å². The largest absolute Gasteiger partial charge is 0.316 e. The molecule has 0 saturated carbocycles. The number of nitrogens with one attached hydrogen (secondary N) is 1. The zero-order chi connectivity index (χ0) is 14.7. The van der Waals surface area contributed by atoms with Crippen molar-refractivity contribution >= 4 is 5.78 Å². The number of carbonyl (C=O) groups excluding carboxylic acids is 1. The molecule has 104 valence electrons. The minimum absolute atomic E-state index is 0.0987. The second kappa shape index (κ2) is 6.02. The van der Waals surface area contributed by atoms with Crippen molar-refractivity contribution < 1.29 is 4.79 Å². The lowest BCUT2D eigenvalue weighted by Gasteiger charge is -2.11. The summed E-state index contributed by atoms with van der Waals surface area (Å²) in [5.74, 6) is 0.0987. The average Bonchev–Trinajstić information content (AvgIpc) is 2.45. The minimum Gasteiger partial charge on any atom is -0.316 e. The lowest BCUT2D eigenvalue weighted by Crippen LogP contribution is -2.07. The van der Waals surface area contributed by atoms with Crippen LogP contribution in [-0.2, 0) is 6.54 Å². The smallest absolute Gasteiger partial charge is 0.193 e. The van der Waals surface area contributed by atoms with E-state index in [1.165, 1.54) is 16.7 Å². The van der Waals surface area contributed by atoms with E-state index in [4.69, 9.17) is 0 Å². The molecule has 0 unspecified atom stereocenters. The van der Waals surface area contributed by atoms with Crippen LogP contribution < -0.4 is 5.32 Å². The molecule has 2 rings (SSSR count). The molecule has 0 aliphatic heterocycles. The van der Waals surface area contributed by atoms with E-state index in [-0.39, 0.29) is 5.78 Å². The third kappa shape index (κ3) is 2.81. The van der Waals surface area contributed by atoms with Crippen molar-refractivity contribution in [2.24, 2.45) is 0 Å². The van der Waals surface area contributed by atoms with Crippen molar-refractivity contribution in [2.45, 2.75) is 27.3 Å². The molecule has 2 aromatic carbocycles. The Balaban J connectivity index is 2.34. The van der Waals surface area contributed by atoms with E-state index in [0.717, 1.165) is 23.2 Å². The molecule has 0 amide bonds. The van der Waals surface area contributed by atoms with Gasteiger partial charge in [-0.15, -0.1) is 0 Å². The van der Waals surface area contributed by atoms with E-state index in [1.54, 1.807) is 0 Å². The molecule has 2 aromatic rings. The molecule has 0 aliphatic carbocycles. The predicted molar refractivity (Wildman–Crippen MR) is 83.3 cm³/mol. The summed E-state index contributed by atoms with van der Waals surface area (Å²) in [6.45, 7) is 6.97. The molecule has 1 N–H and O–H groups in total. The van der Waals surface area contributed by atoms with Crippen LogP contribution in [0.5, 0.6) is 0 Å². The van der Waals surface area contributed by atoms with Crippen LogP contribution in [0.25, 0.3) is 0 Å². The van der Waals surface area contributed by atoms with E-state index >= 15 is 0 Å². The minimum atomic E-state index is 0.0987. The third-order valence-corrected chi connectivity index (χ3v) is 3.90. The second-order valence-corrected chi connectivity index (χ2v) is 5.24. The molecule has 2 nitrogen and oxygen atoms in total. The van der Waals surface area contributed by atoms with Crippen molar-refractivity contribution in [1.29, 1.82) is 0 Å². The van der Waals surface area contributed by atoms with Crippen molar-refractivity contribution in [3.05, 3.63) is 69.8 Å². The Bertz CT molecular complexity index is 627. The Morgan fingerprint density at radius 2 is 1.60 bits per heavy atom. The topological polar surface area (TPSA) is 29.1 Å². The molecule has 0 bridgehead atoms. The third-order valence-electron chi connectivity index (χ3n) is 3.90. The average molecular weight is 267 g/mol. The van der Waals surface area contributed by atoms with E-state index in [0.29, 0.717) is 0 Å². The number of carbonyl (C=O) groups is 1. The van der Waals surface area contributed by atoms with Crippen molar-refractivity contribution in [3.63, 3.8) is 0 Å². The maximum absolute atomic E-state index is 12.6. The van der Waals surface area contributed by atoms with Crippen molar-refractivity contribution in [2.75, 3.05) is 7.05 Å². The van der Waals surface area contributed by atoms with Gasteiger partial charge in [-0.05, 0) is 50.1 Å². The highest BCUT2D eigenvalue weighted by molar-refractivity contribution is 6.10. The predicted octanol–water partition coefficient (Wildman–Crippen LogP) is 3.56. The number of rotatable bonds is 4. The summed E-state index contributed by atoms with van der Waals surface area (Å²) in [5.41, 5.74) is 6.23. The van der Waals surface area contributed by atoms with Gasteiger partial charge >= 0.3 is 0 Å². The van der Waals surface area contributed by atoms with Crippen LogP contribution in [0, 0.1) is 20.8 Å². The molecule has 0 heterocycles. The summed E-state index contributed by atoms with van der Waals surface area (Å²) in [6, 6.07) is 11.8.